The summed E-state index contributed by atoms with van der Waals surface area (Å²) in [5, 5.41) is 8.41. The first-order valence-corrected chi connectivity index (χ1v) is 3.87. The van der Waals surface area contributed by atoms with E-state index in [9.17, 15) is 4.79 Å². The van der Waals surface area contributed by atoms with Crippen molar-refractivity contribution in [1.82, 2.24) is 0 Å². The summed E-state index contributed by atoms with van der Waals surface area (Å²) in [5.41, 5.74) is 1.08. The Morgan fingerprint density at radius 1 is 1.58 bits per heavy atom. The van der Waals surface area contributed by atoms with Gasteiger partial charge in [0.15, 0.2) is 0 Å². The van der Waals surface area contributed by atoms with Crippen LogP contribution in [0.1, 0.15) is 23.5 Å². The summed E-state index contributed by atoms with van der Waals surface area (Å²) in [6.07, 6.45) is 0.608. The molecular weight excluding hydrogens is 156 g/mol. The van der Waals surface area contributed by atoms with Gasteiger partial charge in [-0.3, -0.25) is 4.79 Å². The molecule has 1 aromatic rings. The molecule has 0 amide bonds. The van der Waals surface area contributed by atoms with Gasteiger partial charge in [0.25, 0.3) is 0 Å². The van der Waals surface area contributed by atoms with E-state index >= 15 is 0 Å². The molecular formula is C9H12O3. The molecule has 0 saturated heterocycles. The maximum Gasteiger partial charge on any atom is 0.303 e. The summed E-state index contributed by atoms with van der Waals surface area (Å²) < 4.78 is 5.30. The van der Waals surface area contributed by atoms with Gasteiger partial charge >= 0.3 is 5.97 Å². The number of carbonyl (C=O) groups is 1. The van der Waals surface area contributed by atoms with Crippen LogP contribution in [0.2, 0.25) is 0 Å². The predicted molar refractivity (Wildman–Crippen MR) is 44.1 cm³/mol. The Morgan fingerprint density at radius 2 is 2.25 bits per heavy atom. The fraction of sp³-hybridized carbons (Fsp3) is 0.444. The molecule has 0 aliphatic carbocycles. The normalized spacial score (nSPS) is 10.2. The molecule has 1 heterocycles. The number of carboxylic acid groups (broad SMARTS) is 1. The van der Waals surface area contributed by atoms with Crippen molar-refractivity contribution in [2.24, 2.45) is 0 Å². The van der Waals surface area contributed by atoms with Crippen LogP contribution < -0.4 is 0 Å². The zero-order valence-corrected chi connectivity index (χ0v) is 7.26. The summed E-state index contributed by atoms with van der Waals surface area (Å²) in [4.78, 5) is 10.2. The molecule has 3 nitrogen and oxygen atoms in total. The van der Waals surface area contributed by atoms with Crippen LogP contribution in [0.25, 0.3) is 0 Å². The maximum absolute atomic E-state index is 10.2. The van der Waals surface area contributed by atoms with E-state index < -0.39 is 5.97 Å². The zero-order valence-electron chi connectivity index (χ0n) is 7.26. The molecule has 1 rings (SSSR count). The Kier molecular flexibility index (Phi) is 2.53. The van der Waals surface area contributed by atoms with Gasteiger partial charge in [-0.1, -0.05) is 0 Å². The predicted octanol–water partition coefficient (Wildman–Crippen LogP) is 1.91. The minimum Gasteiger partial charge on any atom is -0.481 e. The van der Waals surface area contributed by atoms with Crippen molar-refractivity contribution in [2.75, 3.05) is 0 Å². The number of aryl methyl sites for hydroxylation is 3. The molecule has 1 N–H and O–H groups in total. The third kappa shape index (κ3) is 2.12. The average molecular weight is 168 g/mol. The minimum absolute atomic E-state index is 0.131. The molecule has 0 unspecified atom stereocenters. The molecule has 0 aromatic carbocycles. The highest BCUT2D eigenvalue weighted by molar-refractivity contribution is 5.66. The van der Waals surface area contributed by atoms with Crippen LogP contribution in [0.3, 0.4) is 0 Å². The van der Waals surface area contributed by atoms with E-state index in [4.69, 9.17) is 9.52 Å². The van der Waals surface area contributed by atoms with Gasteiger partial charge in [-0.25, -0.2) is 0 Å². The highest BCUT2D eigenvalue weighted by Crippen LogP contribution is 2.14. The quantitative estimate of drug-likeness (QED) is 0.750. The molecule has 0 saturated carbocycles. The lowest BCUT2D eigenvalue weighted by molar-refractivity contribution is -0.137. The van der Waals surface area contributed by atoms with Crippen molar-refractivity contribution in [1.29, 1.82) is 0 Å². The summed E-state index contributed by atoms with van der Waals surface area (Å²) in [7, 11) is 0. The van der Waals surface area contributed by atoms with Crippen molar-refractivity contribution in [3.05, 3.63) is 23.2 Å². The maximum atomic E-state index is 10.2. The third-order valence-corrected chi connectivity index (χ3v) is 1.80. The van der Waals surface area contributed by atoms with E-state index in [2.05, 4.69) is 0 Å². The molecule has 0 bridgehead atoms. The highest BCUT2D eigenvalue weighted by atomic mass is 16.4. The van der Waals surface area contributed by atoms with E-state index in [1.807, 2.05) is 19.9 Å². The lowest BCUT2D eigenvalue weighted by atomic mass is 10.2. The minimum atomic E-state index is -0.790. The molecule has 1 aromatic heterocycles. The number of hydrogen-bond donors (Lipinski definition) is 1. The fourth-order valence-electron chi connectivity index (χ4n) is 1.00. The SMILES string of the molecule is Cc1cc(CCC(=O)O)oc1C. The van der Waals surface area contributed by atoms with Gasteiger partial charge in [-0.05, 0) is 25.5 Å². The molecule has 12 heavy (non-hydrogen) atoms. The van der Waals surface area contributed by atoms with Crippen LogP contribution in [0, 0.1) is 13.8 Å². The first kappa shape index (κ1) is 8.84. The second-order valence-electron chi connectivity index (χ2n) is 2.85. The van der Waals surface area contributed by atoms with Gasteiger partial charge in [0.2, 0.25) is 0 Å². The van der Waals surface area contributed by atoms with Crippen LogP contribution in [0.5, 0.6) is 0 Å². The molecule has 66 valence electrons. The molecule has 0 radical (unpaired) electrons. The number of hydrogen-bond acceptors (Lipinski definition) is 2. The zero-order chi connectivity index (χ0) is 9.14. The van der Waals surface area contributed by atoms with Crippen LogP contribution in [0.4, 0.5) is 0 Å². The lowest BCUT2D eigenvalue weighted by Crippen LogP contribution is -1.96. The monoisotopic (exact) mass is 168 g/mol. The second-order valence-corrected chi connectivity index (χ2v) is 2.85. The van der Waals surface area contributed by atoms with E-state index in [0.29, 0.717) is 6.42 Å². The largest absolute Gasteiger partial charge is 0.481 e. The van der Waals surface area contributed by atoms with E-state index in [-0.39, 0.29) is 6.42 Å². The Bertz CT molecular complexity index is 266. The molecule has 0 aliphatic heterocycles. The number of furan rings is 1. The highest BCUT2D eigenvalue weighted by Gasteiger charge is 2.05. The Hall–Kier alpha value is -1.25. The smallest absolute Gasteiger partial charge is 0.303 e. The topological polar surface area (TPSA) is 50.4 Å². The molecule has 3 heteroatoms. The Balaban J connectivity index is 2.58. The summed E-state index contributed by atoms with van der Waals surface area (Å²) in [5.74, 6) is 0.837. The van der Waals surface area contributed by atoms with Crippen LogP contribution >= 0.6 is 0 Å². The summed E-state index contributed by atoms with van der Waals surface area (Å²) in [6, 6.07) is 1.89. The van der Waals surface area contributed by atoms with Crippen LogP contribution in [0.15, 0.2) is 10.5 Å². The number of aliphatic carboxylic acids is 1. The Labute approximate surface area is 71.0 Å². The first-order valence-electron chi connectivity index (χ1n) is 3.87. The van der Waals surface area contributed by atoms with Crippen molar-refractivity contribution in [3.8, 4) is 0 Å². The summed E-state index contributed by atoms with van der Waals surface area (Å²) >= 11 is 0. The number of carboxylic acids is 1. The fourth-order valence-corrected chi connectivity index (χ4v) is 1.00. The Morgan fingerprint density at radius 3 is 2.67 bits per heavy atom. The van der Waals surface area contributed by atoms with Gasteiger partial charge < -0.3 is 9.52 Å². The number of rotatable bonds is 3. The molecule has 0 atom stereocenters. The van der Waals surface area contributed by atoms with Crippen molar-refractivity contribution in [2.45, 2.75) is 26.7 Å². The summed E-state index contributed by atoms with van der Waals surface area (Å²) in [6.45, 7) is 3.82. The van der Waals surface area contributed by atoms with Crippen molar-refractivity contribution < 1.29 is 14.3 Å². The van der Waals surface area contributed by atoms with Crippen molar-refractivity contribution in [3.63, 3.8) is 0 Å². The van der Waals surface area contributed by atoms with E-state index in [1.165, 1.54) is 0 Å². The second kappa shape index (κ2) is 3.43. The van der Waals surface area contributed by atoms with Gasteiger partial charge in [0.05, 0.1) is 6.42 Å². The molecule has 0 fully saturated rings. The molecule has 0 spiro atoms. The van der Waals surface area contributed by atoms with Gasteiger partial charge in [-0.2, -0.15) is 0 Å². The third-order valence-electron chi connectivity index (χ3n) is 1.80. The van der Waals surface area contributed by atoms with Crippen LogP contribution in [-0.2, 0) is 11.2 Å². The van der Waals surface area contributed by atoms with Gasteiger partial charge in [-0.15, -0.1) is 0 Å². The van der Waals surface area contributed by atoms with E-state index in [1.54, 1.807) is 0 Å². The van der Waals surface area contributed by atoms with Crippen molar-refractivity contribution >= 4 is 5.97 Å². The lowest BCUT2D eigenvalue weighted by Gasteiger charge is -1.90. The van der Waals surface area contributed by atoms with Gasteiger partial charge in [0, 0.05) is 6.42 Å². The average Bonchev–Trinajstić information content (AvgIpc) is 2.28. The van der Waals surface area contributed by atoms with Crippen LogP contribution in [-0.4, -0.2) is 11.1 Å². The van der Waals surface area contributed by atoms with E-state index in [0.717, 1.165) is 17.1 Å². The first-order chi connectivity index (χ1) is 5.59. The van der Waals surface area contributed by atoms with Gasteiger partial charge in [0.1, 0.15) is 11.5 Å². The standard InChI is InChI=1S/C9H12O3/c1-6-5-8(12-7(6)2)3-4-9(10)11/h5H,3-4H2,1-2H3,(H,10,11). The molecule has 0 aliphatic rings.